The number of carbonyl (C=O) groups excluding carboxylic acids is 1. The van der Waals surface area contributed by atoms with E-state index < -0.39 is 34.9 Å². The summed E-state index contributed by atoms with van der Waals surface area (Å²) in [5.74, 6) is -2.57. The van der Waals surface area contributed by atoms with Gasteiger partial charge in [0.05, 0.1) is 0 Å². The van der Waals surface area contributed by atoms with Crippen molar-refractivity contribution < 1.29 is 18.0 Å². The van der Waals surface area contributed by atoms with Crippen LogP contribution in [0.5, 0.6) is 0 Å². The van der Waals surface area contributed by atoms with Gasteiger partial charge < -0.3 is 0 Å². The largest absolute Gasteiger partial charge is 0.377 e. The summed E-state index contributed by atoms with van der Waals surface area (Å²) in [4.78, 5) is 25.6. The number of hydrogen-bond acceptors (Lipinski definition) is 4. The molecule has 0 radical (unpaired) electrons. The third kappa shape index (κ3) is 2.89. The number of hydrogen-bond donors (Lipinski definition) is 0. The number of para-hydroxylation sites is 1. The highest BCUT2D eigenvalue weighted by molar-refractivity contribution is 5.92. The maximum atomic E-state index is 13.8. The quantitative estimate of drug-likeness (QED) is 0.663. The van der Waals surface area contributed by atoms with Gasteiger partial charge in [0.1, 0.15) is 11.5 Å². The molecule has 0 unspecified atom stereocenters. The van der Waals surface area contributed by atoms with Crippen molar-refractivity contribution in [3.63, 3.8) is 0 Å². The molecule has 0 N–H and O–H groups in total. The van der Waals surface area contributed by atoms with E-state index in [2.05, 4.69) is 10.4 Å². The minimum atomic E-state index is -1.15. The van der Waals surface area contributed by atoms with Crippen LogP contribution < -0.4 is 10.6 Å². The van der Waals surface area contributed by atoms with E-state index in [0.29, 0.717) is 9.36 Å². The van der Waals surface area contributed by atoms with Gasteiger partial charge in [0, 0.05) is 12.7 Å². The highest BCUT2D eigenvalue weighted by Crippen LogP contribution is 2.15. The average Bonchev–Trinajstić information content (AvgIpc) is 2.96. The summed E-state index contributed by atoms with van der Waals surface area (Å²) in [6, 6.07) is 6.97. The summed E-state index contributed by atoms with van der Waals surface area (Å²) in [5, 5.41) is 6.71. The number of carbonyl (C=O) groups is 1. The van der Waals surface area contributed by atoms with Gasteiger partial charge >= 0.3 is 11.7 Å². The average molecular weight is 349 g/mol. The van der Waals surface area contributed by atoms with Crippen LogP contribution in [0, 0.1) is 17.5 Å². The Hall–Kier alpha value is -3.43. The van der Waals surface area contributed by atoms with Gasteiger partial charge in [0.25, 0.3) is 0 Å². The van der Waals surface area contributed by atoms with E-state index in [1.165, 1.54) is 19.2 Å². The first-order valence-corrected chi connectivity index (χ1v) is 6.93. The Kier molecular flexibility index (Phi) is 4.09. The number of amides is 1. The molecule has 1 amide bonds. The smallest absolute Gasteiger partial charge is 0.295 e. The van der Waals surface area contributed by atoms with Crippen LogP contribution in [-0.2, 0) is 0 Å². The van der Waals surface area contributed by atoms with Crippen LogP contribution in [0.2, 0.25) is 0 Å². The van der Waals surface area contributed by atoms with Gasteiger partial charge in [-0.3, -0.25) is 4.90 Å². The molecule has 3 rings (SSSR count). The Morgan fingerprint density at radius 2 is 1.60 bits per heavy atom. The van der Waals surface area contributed by atoms with Crippen molar-refractivity contribution in [2.45, 2.75) is 0 Å². The molecule has 0 fully saturated rings. The van der Waals surface area contributed by atoms with Gasteiger partial charge in [-0.15, -0.1) is 4.68 Å². The Balaban J connectivity index is 2.00. The predicted molar refractivity (Wildman–Crippen MR) is 81.1 cm³/mol. The molecule has 0 saturated heterocycles. The lowest BCUT2D eigenvalue weighted by Gasteiger charge is -2.15. The fourth-order valence-corrected chi connectivity index (χ4v) is 2.12. The van der Waals surface area contributed by atoms with Crippen LogP contribution in [0.1, 0.15) is 0 Å². The zero-order valence-electron chi connectivity index (χ0n) is 12.7. The van der Waals surface area contributed by atoms with Crippen LogP contribution in [0.15, 0.2) is 47.3 Å². The molecule has 0 atom stereocenters. The molecule has 1 aromatic heterocycles. The number of halogens is 3. The molecular weight excluding hydrogens is 339 g/mol. The zero-order valence-corrected chi connectivity index (χ0v) is 12.7. The summed E-state index contributed by atoms with van der Waals surface area (Å²) in [7, 11) is 1.32. The van der Waals surface area contributed by atoms with E-state index in [9.17, 15) is 22.8 Å². The second-order valence-corrected chi connectivity index (χ2v) is 4.97. The molecule has 3 aromatic rings. The zero-order chi connectivity index (χ0) is 18.1. The SMILES string of the molecule is CN(C(=O)n1nnn(-c2c(F)cccc2F)c1=O)c1ccc(F)cc1. The normalized spacial score (nSPS) is 10.7. The lowest BCUT2D eigenvalue weighted by atomic mass is 10.3. The molecule has 0 bridgehead atoms. The van der Waals surface area contributed by atoms with Gasteiger partial charge in [-0.25, -0.2) is 22.8 Å². The topological polar surface area (TPSA) is 73.0 Å². The fraction of sp³-hybridized carbons (Fsp3) is 0.0667. The molecule has 128 valence electrons. The third-order valence-electron chi connectivity index (χ3n) is 3.41. The minimum Gasteiger partial charge on any atom is -0.295 e. The second-order valence-electron chi connectivity index (χ2n) is 4.97. The van der Waals surface area contributed by atoms with Crippen molar-refractivity contribution in [3.8, 4) is 5.69 Å². The maximum absolute atomic E-state index is 13.8. The van der Waals surface area contributed by atoms with E-state index in [4.69, 9.17) is 0 Å². The van der Waals surface area contributed by atoms with Crippen molar-refractivity contribution in [2.75, 3.05) is 11.9 Å². The lowest BCUT2D eigenvalue weighted by Crippen LogP contribution is -2.39. The summed E-state index contributed by atoms with van der Waals surface area (Å²) < 4.78 is 41.2. The Labute approximate surface area is 138 Å². The number of aromatic nitrogens is 4. The first-order valence-electron chi connectivity index (χ1n) is 6.93. The van der Waals surface area contributed by atoms with E-state index in [0.717, 1.165) is 35.2 Å². The molecule has 0 spiro atoms. The van der Waals surface area contributed by atoms with Crippen LogP contribution in [0.4, 0.5) is 23.7 Å². The molecule has 0 aliphatic carbocycles. The standard InChI is InChI=1S/C15H10F3N5O2/c1-21(10-7-5-9(16)6-8-10)14(24)23-15(25)22(19-20-23)13-11(17)3-2-4-12(13)18/h2-8H,1H3. The van der Waals surface area contributed by atoms with Crippen LogP contribution >= 0.6 is 0 Å². The summed E-state index contributed by atoms with van der Waals surface area (Å²) in [6.07, 6.45) is 0. The number of rotatable bonds is 2. The summed E-state index contributed by atoms with van der Waals surface area (Å²) in [6.45, 7) is 0. The van der Waals surface area contributed by atoms with Crippen molar-refractivity contribution >= 4 is 11.7 Å². The van der Waals surface area contributed by atoms with Gasteiger partial charge in [0.15, 0.2) is 11.6 Å². The first kappa shape index (κ1) is 16.4. The minimum absolute atomic E-state index is 0.282. The van der Waals surface area contributed by atoms with E-state index in [-0.39, 0.29) is 5.69 Å². The number of nitrogens with zero attached hydrogens (tertiary/aromatic N) is 5. The van der Waals surface area contributed by atoms with Crippen LogP contribution in [0.25, 0.3) is 5.69 Å². The number of anilines is 1. The van der Waals surface area contributed by atoms with Gasteiger partial charge in [-0.05, 0) is 46.8 Å². The first-order chi connectivity index (χ1) is 11.9. The molecule has 1 heterocycles. The van der Waals surface area contributed by atoms with Crippen molar-refractivity contribution in [1.82, 2.24) is 19.8 Å². The molecule has 0 saturated carbocycles. The number of benzene rings is 2. The molecule has 10 heteroatoms. The van der Waals surface area contributed by atoms with Gasteiger partial charge in [0.2, 0.25) is 0 Å². The molecule has 7 nitrogen and oxygen atoms in total. The molecule has 2 aromatic carbocycles. The van der Waals surface area contributed by atoms with E-state index in [1.807, 2.05) is 0 Å². The third-order valence-corrected chi connectivity index (χ3v) is 3.41. The van der Waals surface area contributed by atoms with Crippen molar-refractivity contribution in [3.05, 3.63) is 70.4 Å². The summed E-state index contributed by atoms with van der Waals surface area (Å²) in [5.41, 5.74) is -1.61. The predicted octanol–water partition coefficient (Wildman–Crippen LogP) is 1.95. The molecular formula is C15H10F3N5O2. The van der Waals surface area contributed by atoms with Crippen molar-refractivity contribution in [2.24, 2.45) is 0 Å². The Morgan fingerprint density at radius 1 is 1.00 bits per heavy atom. The maximum Gasteiger partial charge on any atom is 0.377 e. The number of tetrazole rings is 1. The summed E-state index contributed by atoms with van der Waals surface area (Å²) >= 11 is 0. The Bertz CT molecular complexity index is 977. The molecule has 0 aliphatic heterocycles. The highest BCUT2D eigenvalue weighted by Gasteiger charge is 2.23. The second kappa shape index (κ2) is 6.23. The lowest BCUT2D eigenvalue weighted by molar-refractivity contribution is 0.245. The monoisotopic (exact) mass is 349 g/mol. The highest BCUT2D eigenvalue weighted by atomic mass is 19.1. The van der Waals surface area contributed by atoms with Crippen LogP contribution in [0.3, 0.4) is 0 Å². The van der Waals surface area contributed by atoms with E-state index >= 15 is 0 Å². The molecule has 0 aliphatic rings. The van der Waals surface area contributed by atoms with Crippen molar-refractivity contribution in [1.29, 1.82) is 0 Å². The van der Waals surface area contributed by atoms with Gasteiger partial charge in [-0.1, -0.05) is 6.07 Å². The van der Waals surface area contributed by atoms with Crippen LogP contribution in [-0.4, -0.2) is 32.9 Å². The van der Waals surface area contributed by atoms with E-state index in [1.54, 1.807) is 0 Å². The molecule has 25 heavy (non-hydrogen) atoms. The fourth-order valence-electron chi connectivity index (χ4n) is 2.12. The van der Waals surface area contributed by atoms with Gasteiger partial charge in [-0.2, -0.15) is 4.68 Å². The Morgan fingerprint density at radius 3 is 2.20 bits per heavy atom.